The predicted molar refractivity (Wildman–Crippen MR) is 89.7 cm³/mol. The molecule has 116 valence electrons. The highest BCUT2D eigenvalue weighted by Gasteiger charge is 2.12. The third-order valence-corrected chi connectivity index (χ3v) is 4.04. The molecule has 1 amide bonds. The first kappa shape index (κ1) is 15.4. The first-order chi connectivity index (χ1) is 11.0. The Kier molecular flexibility index (Phi) is 4.25. The van der Waals surface area contributed by atoms with Crippen molar-refractivity contribution in [3.8, 4) is 11.3 Å². The molecule has 0 aliphatic rings. The Balaban J connectivity index is 2.21. The second-order valence-corrected chi connectivity index (χ2v) is 5.83. The number of carboxylic acid groups (broad SMARTS) is 1. The van der Waals surface area contributed by atoms with E-state index in [2.05, 4.69) is 26.2 Å². The number of aromatic nitrogens is 1. The van der Waals surface area contributed by atoms with E-state index in [4.69, 9.17) is 5.11 Å². The molecule has 2 aromatic carbocycles. The van der Waals surface area contributed by atoms with Crippen LogP contribution in [-0.4, -0.2) is 16.2 Å². The monoisotopic (exact) mass is 374 g/mol. The summed E-state index contributed by atoms with van der Waals surface area (Å²) in [7, 11) is 0. The summed E-state index contributed by atoms with van der Waals surface area (Å²) in [6.07, 6.45) is -1.12. The van der Waals surface area contributed by atoms with Gasteiger partial charge >= 0.3 is 6.09 Å². The fourth-order valence-corrected chi connectivity index (χ4v) is 2.87. The number of benzene rings is 2. The molecule has 0 atom stereocenters. The average molecular weight is 375 g/mol. The molecule has 23 heavy (non-hydrogen) atoms. The normalized spacial score (nSPS) is 10.7. The van der Waals surface area contributed by atoms with Gasteiger partial charge in [-0.15, -0.1) is 0 Å². The number of rotatable bonds is 3. The van der Waals surface area contributed by atoms with Gasteiger partial charge in [0.05, 0.1) is 11.2 Å². The van der Waals surface area contributed by atoms with Crippen molar-refractivity contribution in [2.45, 2.75) is 6.54 Å². The van der Waals surface area contributed by atoms with Gasteiger partial charge < -0.3 is 10.4 Å². The van der Waals surface area contributed by atoms with Crippen LogP contribution in [0.5, 0.6) is 0 Å². The predicted octanol–water partition coefficient (Wildman–Crippen LogP) is 4.57. The number of nitrogens with zero attached hydrogens (tertiary/aromatic N) is 1. The maximum absolute atomic E-state index is 13.5. The van der Waals surface area contributed by atoms with Gasteiger partial charge in [0.2, 0.25) is 0 Å². The Bertz CT molecular complexity index is 899. The zero-order chi connectivity index (χ0) is 16.4. The Morgan fingerprint density at radius 2 is 2.00 bits per heavy atom. The summed E-state index contributed by atoms with van der Waals surface area (Å²) >= 11 is 3.46. The third-order valence-electron chi connectivity index (χ3n) is 3.40. The summed E-state index contributed by atoms with van der Waals surface area (Å²) in [6, 6.07) is 13.6. The van der Waals surface area contributed by atoms with Crippen LogP contribution in [0, 0.1) is 5.82 Å². The summed E-state index contributed by atoms with van der Waals surface area (Å²) in [5, 5.41) is 12.1. The van der Waals surface area contributed by atoms with Crippen LogP contribution < -0.4 is 5.32 Å². The topological polar surface area (TPSA) is 62.2 Å². The molecule has 0 radical (unpaired) electrons. The molecule has 6 heteroatoms. The van der Waals surface area contributed by atoms with Crippen molar-refractivity contribution in [3.63, 3.8) is 0 Å². The Labute approximate surface area is 140 Å². The number of amides is 1. The molecule has 3 rings (SSSR count). The van der Waals surface area contributed by atoms with Crippen molar-refractivity contribution in [2.24, 2.45) is 0 Å². The van der Waals surface area contributed by atoms with Crippen molar-refractivity contribution in [1.29, 1.82) is 0 Å². The van der Waals surface area contributed by atoms with E-state index in [0.29, 0.717) is 16.8 Å². The van der Waals surface area contributed by atoms with Gasteiger partial charge in [0.25, 0.3) is 0 Å². The van der Waals surface area contributed by atoms with Gasteiger partial charge in [-0.2, -0.15) is 0 Å². The largest absolute Gasteiger partial charge is 0.465 e. The first-order valence-corrected chi connectivity index (χ1v) is 7.65. The molecule has 4 nitrogen and oxygen atoms in total. The quantitative estimate of drug-likeness (QED) is 0.705. The number of hydrogen-bond acceptors (Lipinski definition) is 2. The fourth-order valence-electron chi connectivity index (χ4n) is 2.40. The molecule has 0 saturated carbocycles. The summed E-state index contributed by atoms with van der Waals surface area (Å²) in [5.41, 5.74) is 2.58. The zero-order valence-corrected chi connectivity index (χ0v) is 13.5. The van der Waals surface area contributed by atoms with E-state index >= 15 is 0 Å². The summed E-state index contributed by atoms with van der Waals surface area (Å²) in [4.78, 5) is 15.4. The van der Waals surface area contributed by atoms with Gasteiger partial charge in [0.15, 0.2) is 0 Å². The van der Waals surface area contributed by atoms with Crippen LogP contribution in [0.25, 0.3) is 22.2 Å². The molecule has 1 aromatic heterocycles. The lowest BCUT2D eigenvalue weighted by molar-refractivity contribution is 0.194. The van der Waals surface area contributed by atoms with E-state index in [1.165, 1.54) is 12.1 Å². The molecule has 2 N–H and O–H groups in total. The van der Waals surface area contributed by atoms with Crippen LogP contribution >= 0.6 is 15.9 Å². The average Bonchev–Trinajstić information content (AvgIpc) is 2.52. The second-order valence-electron chi connectivity index (χ2n) is 4.98. The summed E-state index contributed by atoms with van der Waals surface area (Å²) < 4.78 is 14.4. The number of carbonyl (C=O) groups is 1. The molecule has 0 unspecified atom stereocenters. The second kappa shape index (κ2) is 6.34. The van der Waals surface area contributed by atoms with Gasteiger partial charge in [-0.1, -0.05) is 24.3 Å². The van der Waals surface area contributed by atoms with Gasteiger partial charge in [-0.25, -0.2) is 14.2 Å². The Morgan fingerprint density at radius 3 is 2.74 bits per heavy atom. The maximum atomic E-state index is 13.5. The molecule has 0 spiro atoms. The number of pyridine rings is 1. The highest BCUT2D eigenvalue weighted by atomic mass is 79.9. The van der Waals surface area contributed by atoms with Gasteiger partial charge in [0, 0.05) is 22.0 Å². The number of hydrogen-bond donors (Lipinski definition) is 2. The SMILES string of the molecule is O=C(O)NCc1cc2cccc(Br)c2nc1-c1cccc(F)c1. The summed E-state index contributed by atoms with van der Waals surface area (Å²) in [6.45, 7) is 0.0939. The van der Waals surface area contributed by atoms with E-state index in [0.717, 1.165) is 15.4 Å². The minimum atomic E-state index is -1.12. The van der Waals surface area contributed by atoms with Crippen molar-refractivity contribution in [2.75, 3.05) is 0 Å². The first-order valence-electron chi connectivity index (χ1n) is 6.85. The van der Waals surface area contributed by atoms with E-state index < -0.39 is 6.09 Å². The smallest absolute Gasteiger partial charge is 0.404 e. The number of para-hydroxylation sites is 1. The molecule has 1 heterocycles. The van der Waals surface area contributed by atoms with Crippen LogP contribution in [0.1, 0.15) is 5.56 Å². The van der Waals surface area contributed by atoms with Crippen LogP contribution in [0.4, 0.5) is 9.18 Å². The molecule has 0 fully saturated rings. The van der Waals surface area contributed by atoms with E-state index in [-0.39, 0.29) is 12.4 Å². The molecule has 0 bridgehead atoms. The van der Waals surface area contributed by atoms with E-state index in [1.807, 2.05) is 24.3 Å². The lowest BCUT2D eigenvalue weighted by atomic mass is 10.0. The van der Waals surface area contributed by atoms with Crippen molar-refractivity contribution in [1.82, 2.24) is 10.3 Å². The standard InChI is InChI=1S/C17H12BrFN2O2/c18-14-6-2-4-10-7-12(9-20-17(22)23)15(21-16(10)14)11-3-1-5-13(19)8-11/h1-8,20H,9H2,(H,22,23). The minimum Gasteiger partial charge on any atom is -0.465 e. The number of halogens is 2. The van der Waals surface area contributed by atoms with E-state index in [1.54, 1.807) is 12.1 Å². The molecular formula is C17H12BrFN2O2. The fraction of sp³-hybridized carbons (Fsp3) is 0.0588. The van der Waals surface area contributed by atoms with Crippen LogP contribution in [0.3, 0.4) is 0 Å². The van der Waals surface area contributed by atoms with Crippen molar-refractivity contribution < 1.29 is 14.3 Å². The van der Waals surface area contributed by atoms with Gasteiger partial charge in [0.1, 0.15) is 5.82 Å². The lowest BCUT2D eigenvalue weighted by Gasteiger charge is -2.12. The van der Waals surface area contributed by atoms with Crippen LogP contribution in [0.15, 0.2) is 53.0 Å². The molecule has 0 saturated heterocycles. The van der Waals surface area contributed by atoms with E-state index in [9.17, 15) is 9.18 Å². The van der Waals surface area contributed by atoms with Crippen molar-refractivity contribution in [3.05, 3.63) is 64.4 Å². The Hall–Kier alpha value is -2.47. The highest BCUT2D eigenvalue weighted by Crippen LogP contribution is 2.29. The third kappa shape index (κ3) is 3.32. The molecular weight excluding hydrogens is 363 g/mol. The lowest BCUT2D eigenvalue weighted by Crippen LogP contribution is -2.20. The Morgan fingerprint density at radius 1 is 1.22 bits per heavy atom. The molecule has 3 aromatic rings. The van der Waals surface area contributed by atoms with Crippen LogP contribution in [0.2, 0.25) is 0 Å². The van der Waals surface area contributed by atoms with Gasteiger partial charge in [-0.05, 0) is 45.8 Å². The van der Waals surface area contributed by atoms with Crippen LogP contribution in [-0.2, 0) is 6.54 Å². The van der Waals surface area contributed by atoms with Crippen molar-refractivity contribution >= 4 is 32.9 Å². The maximum Gasteiger partial charge on any atom is 0.404 e. The molecule has 0 aliphatic carbocycles. The number of nitrogens with one attached hydrogen (secondary N) is 1. The zero-order valence-electron chi connectivity index (χ0n) is 11.9. The molecule has 0 aliphatic heterocycles. The number of fused-ring (bicyclic) bond motifs is 1. The summed E-state index contributed by atoms with van der Waals surface area (Å²) in [5.74, 6) is -0.367. The highest BCUT2D eigenvalue weighted by molar-refractivity contribution is 9.10. The van der Waals surface area contributed by atoms with Gasteiger partial charge in [-0.3, -0.25) is 0 Å². The minimum absolute atomic E-state index is 0.0939.